The summed E-state index contributed by atoms with van der Waals surface area (Å²) in [5.41, 5.74) is 2.41. The van der Waals surface area contributed by atoms with Crippen LogP contribution in [0.2, 0.25) is 0 Å². The van der Waals surface area contributed by atoms with E-state index in [9.17, 15) is 9.59 Å². The van der Waals surface area contributed by atoms with E-state index in [-0.39, 0.29) is 18.2 Å². The van der Waals surface area contributed by atoms with Crippen molar-refractivity contribution in [3.8, 4) is 11.5 Å². The number of likely N-dealkylation sites (N-methyl/N-ethyl adjacent to an activating group) is 1. The van der Waals surface area contributed by atoms with Gasteiger partial charge in [-0.05, 0) is 49.5 Å². The van der Waals surface area contributed by atoms with Crippen LogP contribution in [0.25, 0.3) is 0 Å². The van der Waals surface area contributed by atoms with E-state index in [1.54, 1.807) is 38.5 Å². The Kier molecular flexibility index (Phi) is 8.48. The zero-order chi connectivity index (χ0) is 21.2. The van der Waals surface area contributed by atoms with Crippen LogP contribution in [0.4, 0.5) is 5.69 Å². The van der Waals surface area contributed by atoms with E-state index in [0.717, 1.165) is 17.7 Å². The van der Waals surface area contributed by atoms with Crippen LogP contribution >= 0.6 is 0 Å². The second-order valence-electron chi connectivity index (χ2n) is 6.94. The number of anilines is 1. The first-order valence-electron chi connectivity index (χ1n) is 9.42. The molecule has 156 valence electrons. The van der Waals surface area contributed by atoms with Gasteiger partial charge in [0.1, 0.15) is 0 Å². The Hall–Kier alpha value is -3.06. The second kappa shape index (κ2) is 11.1. The molecule has 0 aromatic heterocycles. The zero-order valence-electron chi connectivity index (χ0n) is 17.5. The number of nitrogens with one attached hydrogen (secondary N) is 2. The molecule has 0 heterocycles. The average molecular weight is 399 g/mol. The molecule has 0 fully saturated rings. The van der Waals surface area contributed by atoms with Crippen molar-refractivity contribution in [1.29, 1.82) is 0 Å². The second-order valence-corrected chi connectivity index (χ2v) is 6.94. The van der Waals surface area contributed by atoms with Crippen molar-refractivity contribution in [2.45, 2.75) is 12.8 Å². The SMILES string of the molecule is COc1ccc(CC(=O)Nc2ccc(CC(=O)NCCN(C)C)cc2)cc1OC. The molecule has 0 aliphatic rings. The Morgan fingerprint density at radius 3 is 2.10 bits per heavy atom. The van der Waals surface area contributed by atoms with Gasteiger partial charge in [0.2, 0.25) is 11.8 Å². The van der Waals surface area contributed by atoms with Gasteiger partial charge in [-0.15, -0.1) is 0 Å². The third-order valence-corrected chi connectivity index (χ3v) is 4.30. The number of ether oxygens (including phenoxy) is 2. The first-order valence-corrected chi connectivity index (χ1v) is 9.42. The van der Waals surface area contributed by atoms with Crippen molar-refractivity contribution in [1.82, 2.24) is 10.2 Å². The third kappa shape index (κ3) is 7.46. The minimum Gasteiger partial charge on any atom is -0.493 e. The van der Waals surface area contributed by atoms with Gasteiger partial charge in [0.25, 0.3) is 0 Å². The quantitative estimate of drug-likeness (QED) is 0.640. The molecule has 0 saturated heterocycles. The van der Waals surface area contributed by atoms with Crippen LogP contribution in [-0.4, -0.2) is 58.1 Å². The molecule has 2 aromatic rings. The van der Waals surface area contributed by atoms with Crippen LogP contribution in [0.3, 0.4) is 0 Å². The van der Waals surface area contributed by atoms with Gasteiger partial charge in [-0.25, -0.2) is 0 Å². The van der Waals surface area contributed by atoms with Crippen molar-refractivity contribution in [2.75, 3.05) is 46.7 Å². The number of hydrogen-bond acceptors (Lipinski definition) is 5. The maximum absolute atomic E-state index is 12.3. The number of nitrogens with zero attached hydrogens (tertiary/aromatic N) is 1. The zero-order valence-corrected chi connectivity index (χ0v) is 17.5. The fourth-order valence-electron chi connectivity index (χ4n) is 2.75. The van der Waals surface area contributed by atoms with E-state index < -0.39 is 0 Å². The topological polar surface area (TPSA) is 79.9 Å². The Morgan fingerprint density at radius 1 is 0.862 bits per heavy atom. The largest absolute Gasteiger partial charge is 0.493 e. The normalized spacial score (nSPS) is 10.5. The fourth-order valence-corrected chi connectivity index (χ4v) is 2.75. The van der Waals surface area contributed by atoms with Gasteiger partial charge in [-0.3, -0.25) is 9.59 Å². The highest BCUT2D eigenvalue weighted by molar-refractivity contribution is 5.92. The van der Waals surface area contributed by atoms with Gasteiger partial charge in [0, 0.05) is 18.8 Å². The highest BCUT2D eigenvalue weighted by Crippen LogP contribution is 2.27. The Bertz CT molecular complexity index is 819. The summed E-state index contributed by atoms with van der Waals surface area (Å²) in [7, 11) is 7.06. The summed E-state index contributed by atoms with van der Waals surface area (Å²) >= 11 is 0. The number of methoxy groups -OCH3 is 2. The summed E-state index contributed by atoms with van der Waals surface area (Å²) < 4.78 is 10.5. The van der Waals surface area contributed by atoms with Crippen LogP contribution in [-0.2, 0) is 22.4 Å². The van der Waals surface area contributed by atoms with Gasteiger partial charge in [0.05, 0.1) is 27.1 Å². The number of carbonyl (C=O) groups is 2. The molecule has 7 nitrogen and oxygen atoms in total. The minimum absolute atomic E-state index is 0.0166. The molecule has 2 amide bonds. The molecule has 0 saturated carbocycles. The van der Waals surface area contributed by atoms with E-state index in [2.05, 4.69) is 10.6 Å². The first kappa shape index (κ1) is 22.2. The average Bonchev–Trinajstić information content (AvgIpc) is 2.69. The molecule has 0 spiro atoms. The van der Waals surface area contributed by atoms with Crippen LogP contribution in [0.5, 0.6) is 11.5 Å². The Labute approximate surface area is 172 Å². The van der Waals surface area contributed by atoms with E-state index >= 15 is 0 Å². The molecule has 7 heteroatoms. The number of rotatable bonds is 10. The summed E-state index contributed by atoms with van der Waals surface area (Å²) in [6, 6.07) is 12.7. The van der Waals surface area contributed by atoms with Crippen LogP contribution in [0, 0.1) is 0 Å². The van der Waals surface area contributed by atoms with Crippen molar-refractivity contribution in [3.05, 3.63) is 53.6 Å². The number of hydrogen-bond donors (Lipinski definition) is 2. The molecule has 0 aliphatic heterocycles. The lowest BCUT2D eigenvalue weighted by atomic mass is 10.1. The minimum atomic E-state index is -0.133. The molecule has 0 radical (unpaired) electrons. The van der Waals surface area contributed by atoms with Crippen LogP contribution in [0.15, 0.2) is 42.5 Å². The van der Waals surface area contributed by atoms with E-state index in [0.29, 0.717) is 30.2 Å². The van der Waals surface area contributed by atoms with Gasteiger partial charge >= 0.3 is 0 Å². The molecule has 2 rings (SSSR count). The standard InChI is InChI=1S/C22H29N3O4/c1-25(2)12-11-23-21(26)14-16-5-8-18(9-6-16)24-22(27)15-17-7-10-19(28-3)20(13-17)29-4/h5-10,13H,11-12,14-15H2,1-4H3,(H,23,26)(H,24,27). The smallest absolute Gasteiger partial charge is 0.228 e. The maximum Gasteiger partial charge on any atom is 0.228 e. The number of amides is 2. The Morgan fingerprint density at radius 2 is 1.48 bits per heavy atom. The first-order chi connectivity index (χ1) is 13.9. The molecule has 0 bridgehead atoms. The van der Waals surface area contributed by atoms with Crippen LogP contribution < -0.4 is 20.1 Å². The van der Waals surface area contributed by atoms with Crippen molar-refractivity contribution in [3.63, 3.8) is 0 Å². The molecule has 29 heavy (non-hydrogen) atoms. The molecular weight excluding hydrogens is 370 g/mol. The number of carbonyl (C=O) groups excluding carboxylic acids is 2. The van der Waals surface area contributed by atoms with E-state index in [1.807, 2.05) is 37.2 Å². The number of benzene rings is 2. The Balaban J connectivity index is 1.86. The van der Waals surface area contributed by atoms with Crippen LogP contribution in [0.1, 0.15) is 11.1 Å². The summed E-state index contributed by atoms with van der Waals surface area (Å²) in [5, 5.41) is 5.75. The van der Waals surface area contributed by atoms with Gasteiger partial charge in [0.15, 0.2) is 11.5 Å². The summed E-state index contributed by atoms with van der Waals surface area (Å²) in [6.07, 6.45) is 0.531. The molecule has 0 aliphatic carbocycles. The van der Waals surface area contributed by atoms with Crippen molar-refractivity contribution < 1.29 is 19.1 Å². The summed E-state index contributed by atoms with van der Waals surface area (Å²) in [4.78, 5) is 26.3. The molecular formula is C22H29N3O4. The van der Waals surface area contributed by atoms with E-state index in [4.69, 9.17) is 9.47 Å². The lowest BCUT2D eigenvalue weighted by Gasteiger charge is -2.11. The molecule has 2 aromatic carbocycles. The van der Waals surface area contributed by atoms with Crippen molar-refractivity contribution >= 4 is 17.5 Å². The molecule has 0 unspecified atom stereocenters. The highest BCUT2D eigenvalue weighted by Gasteiger charge is 2.09. The summed E-state index contributed by atoms with van der Waals surface area (Å²) in [5.74, 6) is 1.06. The van der Waals surface area contributed by atoms with Crippen molar-refractivity contribution in [2.24, 2.45) is 0 Å². The molecule has 2 N–H and O–H groups in total. The van der Waals surface area contributed by atoms with Gasteiger partial charge < -0.3 is 25.0 Å². The maximum atomic E-state index is 12.3. The fraction of sp³-hybridized carbons (Fsp3) is 0.364. The monoisotopic (exact) mass is 399 g/mol. The third-order valence-electron chi connectivity index (χ3n) is 4.30. The molecule has 0 atom stereocenters. The van der Waals surface area contributed by atoms with Gasteiger partial charge in [-0.2, -0.15) is 0 Å². The van der Waals surface area contributed by atoms with Gasteiger partial charge in [-0.1, -0.05) is 18.2 Å². The lowest BCUT2D eigenvalue weighted by Crippen LogP contribution is -2.32. The van der Waals surface area contributed by atoms with E-state index in [1.165, 1.54) is 0 Å². The summed E-state index contributed by atoms with van der Waals surface area (Å²) in [6.45, 7) is 1.42. The lowest BCUT2D eigenvalue weighted by molar-refractivity contribution is -0.120. The predicted molar refractivity (Wildman–Crippen MR) is 114 cm³/mol. The predicted octanol–water partition coefficient (Wildman–Crippen LogP) is 2.11. The highest BCUT2D eigenvalue weighted by atomic mass is 16.5.